The Kier molecular flexibility index (Phi) is 5.53. The smallest absolute Gasteiger partial charge is 0.0642 e. The maximum atomic E-state index is 6.45. The van der Waals surface area contributed by atoms with Crippen molar-refractivity contribution in [2.24, 2.45) is 5.92 Å². The lowest BCUT2D eigenvalue weighted by Gasteiger charge is -2.24. The van der Waals surface area contributed by atoms with Crippen LogP contribution in [0.15, 0.2) is 18.2 Å². The molecule has 1 aromatic rings. The van der Waals surface area contributed by atoms with Crippen LogP contribution in [0.3, 0.4) is 0 Å². The van der Waals surface area contributed by atoms with Gasteiger partial charge in [0.15, 0.2) is 0 Å². The molecule has 0 bridgehead atoms. The number of halogens is 1. The second-order valence-electron chi connectivity index (χ2n) is 5.51. The van der Waals surface area contributed by atoms with Crippen molar-refractivity contribution in [3.8, 4) is 0 Å². The number of nitrogens with zero attached hydrogens (tertiary/aromatic N) is 1. The maximum absolute atomic E-state index is 6.45. The Morgan fingerprint density at radius 3 is 2.84 bits per heavy atom. The van der Waals surface area contributed by atoms with Crippen molar-refractivity contribution in [2.45, 2.75) is 39.2 Å². The zero-order valence-corrected chi connectivity index (χ0v) is 12.8. The summed E-state index contributed by atoms with van der Waals surface area (Å²) in [7, 11) is 1.96. The molecule has 1 atom stereocenters. The minimum absolute atomic E-state index is 0.873. The number of anilines is 1. The van der Waals surface area contributed by atoms with E-state index in [0.29, 0.717) is 0 Å². The van der Waals surface area contributed by atoms with Crippen LogP contribution in [-0.4, -0.2) is 20.1 Å². The van der Waals surface area contributed by atoms with Crippen LogP contribution in [0.2, 0.25) is 5.02 Å². The standard InChI is InChI=1S/C16H25ClN2/c1-3-13-5-4-9-19(10-8-13)16-7-6-14(12-18-2)11-15(16)17/h6-7,11,13,18H,3-5,8-10,12H2,1-2H3. The molecule has 1 heterocycles. The number of nitrogens with one attached hydrogen (secondary N) is 1. The third-order valence-electron chi connectivity index (χ3n) is 4.16. The number of hydrogen-bond donors (Lipinski definition) is 1. The Labute approximate surface area is 122 Å². The van der Waals surface area contributed by atoms with E-state index >= 15 is 0 Å². The Balaban J connectivity index is 2.08. The first-order chi connectivity index (χ1) is 9.24. The van der Waals surface area contributed by atoms with Gasteiger partial charge >= 0.3 is 0 Å². The van der Waals surface area contributed by atoms with Crippen LogP contribution in [0.4, 0.5) is 5.69 Å². The van der Waals surface area contributed by atoms with E-state index < -0.39 is 0 Å². The molecule has 0 aromatic heterocycles. The fourth-order valence-corrected chi connectivity index (χ4v) is 3.26. The minimum Gasteiger partial charge on any atom is -0.370 e. The first-order valence-corrected chi connectivity index (χ1v) is 7.80. The summed E-state index contributed by atoms with van der Waals surface area (Å²) in [6.45, 7) is 5.46. The van der Waals surface area contributed by atoms with E-state index in [2.05, 4.69) is 35.3 Å². The quantitative estimate of drug-likeness (QED) is 0.894. The molecule has 0 saturated carbocycles. The predicted octanol–water partition coefficient (Wildman–Crippen LogP) is 4.08. The van der Waals surface area contributed by atoms with Crippen LogP contribution in [0, 0.1) is 5.92 Å². The summed E-state index contributed by atoms with van der Waals surface area (Å²) in [6.07, 6.45) is 5.25. The van der Waals surface area contributed by atoms with Gasteiger partial charge in [-0.1, -0.05) is 31.0 Å². The molecule has 1 fully saturated rings. The van der Waals surface area contributed by atoms with Gasteiger partial charge < -0.3 is 10.2 Å². The summed E-state index contributed by atoms with van der Waals surface area (Å²) in [5.74, 6) is 0.896. The summed E-state index contributed by atoms with van der Waals surface area (Å²) in [6, 6.07) is 6.46. The van der Waals surface area contributed by atoms with E-state index in [4.69, 9.17) is 11.6 Å². The van der Waals surface area contributed by atoms with Crippen molar-refractivity contribution in [1.82, 2.24) is 5.32 Å². The van der Waals surface area contributed by atoms with Crippen molar-refractivity contribution >= 4 is 17.3 Å². The molecule has 1 aliphatic rings. The van der Waals surface area contributed by atoms with Gasteiger partial charge in [0.1, 0.15) is 0 Å². The van der Waals surface area contributed by atoms with Crippen molar-refractivity contribution in [2.75, 3.05) is 25.0 Å². The average Bonchev–Trinajstić information content (AvgIpc) is 2.64. The lowest BCUT2D eigenvalue weighted by molar-refractivity contribution is 0.459. The highest BCUT2D eigenvalue weighted by Gasteiger charge is 2.17. The second kappa shape index (κ2) is 7.16. The van der Waals surface area contributed by atoms with E-state index in [1.807, 2.05) is 7.05 Å². The summed E-state index contributed by atoms with van der Waals surface area (Å²) in [4.78, 5) is 2.46. The van der Waals surface area contributed by atoms with Gasteiger partial charge in [-0.15, -0.1) is 0 Å². The van der Waals surface area contributed by atoms with E-state index in [0.717, 1.165) is 30.6 Å². The largest absolute Gasteiger partial charge is 0.370 e. The molecule has 1 unspecified atom stereocenters. The highest BCUT2D eigenvalue weighted by atomic mass is 35.5. The molecule has 1 saturated heterocycles. The molecule has 0 spiro atoms. The third-order valence-corrected chi connectivity index (χ3v) is 4.46. The average molecular weight is 281 g/mol. The fraction of sp³-hybridized carbons (Fsp3) is 0.625. The first-order valence-electron chi connectivity index (χ1n) is 7.42. The van der Waals surface area contributed by atoms with Crippen molar-refractivity contribution in [3.05, 3.63) is 28.8 Å². The van der Waals surface area contributed by atoms with Crippen molar-refractivity contribution in [1.29, 1.82) is 0 Å². The summed E-state index contributed by atoms with van der Waals surface area (Å²) >= 11 is 6.45. The van der Waals surface area contributed by atoms with Crippen molar-refractivity contribution in [3.63, 3.8) is 0 Å². The lowest BCUT2D eigenvalue weighted by Crippen LogP contribution is -2.24. The number of hydrogen-bond acceptors (Lipinski definition) is 2. The monoisotopic (exact) mass is 280 g/mol. The molecule has 19 heavy (non-hydrogen) atoms. The number of benzene rings is 1. The molecule has 0 amide bonds. The van der Waals surface area contributed by atoms with Gasteiger partial charge in [0, 0.05) is 19.6 Å². The predicted molar refractivity (Wildman–Crippen MR) is 84.1 cm³/mol. The van der Waals surface area contributed by atoms with Crippen LogP contribution in [0.5, 0.6) is 0 Å². The Bertz CT molecular complexity index is 406. The van der Waals surface area contributed by atoms with Gasteiger partial charge in [-0.05, 0) is 49.9 Å². The van der Waals surface area contributed by atoms with E-state index in [-0.39, 0.29) is 0 Å². The van der Waals surface area contributed by atoms with Gasteiger partial charge in [-0.3, -0.25) is 0 Å². The van der Waals surface area contributed by atoms with E-state index in [1.54, 1.807) is 0 Å². The normalized spacial score (nSPS) is 20.4. The Morgan fingerprint density at radius 2 is 2.16 bits per heavy atom. The molecule has 2 rings (SSSR count). The van der Waals surface area contributed by atoms with Crippen LogP contribution in [0.25, 0.3) is 0 Å². The van der Waals surface area contributed by atoms with E-state index in [9.17, 15) is 0 Å². The lowest BCUT2D eigenvalue weighted by atomic mass is 9.98. The summed E-state index contributed by atoms with van der Waals surface area (Å²) in [5.41, 5.74) is 2.45. The van der Waals surface area contributed by atoms with Gasteiger partial charge in [0.05, 0.1) is 10.7 Å². The third kappa shape index (κ3) is 3.87. The first kappa shape index (κ1) is 14.7. The maximum Gasteiger partial charge on any atom is 0.0642 e. The van der Waals surface area contributed by atoms with Gasteiger partial charge in [-0.25, -0.2) is 0 Å². The second-order valence-corrected chi connectivity index (χ2v) is 5.92. The Hall–Kier alpha value is -0.730. The van der Waals surface area contributed by atoms with Crippen LogP contribution in [0.1, 0.15) is 38.2 Å². The molecule has 0 radical (unpaired) electrons. The van der Waals surface area contributed by atoms with Gasteiger partial charge in [0.2, 0.25) is 0 Å². The molecular weight excluding hydrogens is 256 g/mol. The molecule has 0 aliphatic carbocycles. The molecule has 3 heteroatoms. The van der Waals surface area contributed by atoms with Crippen LogP contribution in [-0.2, 0) is 6.54 Å². The zero-order chi connectivity index (χ0) is 13.7. The number of rotatable bonds is 4. The Morgan fingerprint density at radius 1 is 1.32 bits per heavy atom. The summed E-state index contributed by atoms with van der Waals surface area (Å²) in [5, 5.41) is 4.05. The summed E-state index contributed by atoms with van der Waals surface area (Å²) < 4.78 is 0. The van der Waals surface area contributed by atoms with Gasteiger partial charge in [-0.2, -0.15) is 0 Å². The highest BCUT2D eigenvalue weighted by Crippen LogP contribution is 2.30. The minimum atomic E-state index is 0.873. The van der Waals surface area contributed by atoms with Crippen LogP contribution >= 0.6 is 11.6 Å². The molecule has 2 nitrogen and oxygen atoms in total. The molecule has 1 N–H and O–H groups in total. The fourth-order valence-electron chi connectivity index (χ4n) is 2.94. The topological polar surface area (TPSA) is 15.3 Å². The molecular formula is C16H25ClN2. The van der Waals surface area contributed by atoms with Crippen LogP contribution < -0.4 is 10.2 Å². The highest BCUT2D eigenvalue weighted by molar-refractivity contribution is 6.33. The SMILES string of the molecule is CCC1CCCN(c2ccc(CNC)cc2Cl)CC1. The van der Waals surface area contributed by atoms with E-state index in [1.165, 1.54) is 36.9 Å². The molecule has 106 valence electrons. The zero-order valence-electron chi connectivity index (χ0n) is 12.1. The van der Waals surface area contributed by atoms with Crippen molar-refractivity contribution < 1.29 is 0 Å². The van der Waals surface area contributed by atoms with Gasteiger partial charge in [0.25, 0.3) is 0 Å². The molecule has 1 aromatic carbocycles. The molecule has 1 aliphatic heterocycles.